The molecule has 0 aliphatic rings. The van der Waals surface area contributed by atoms with Crippen LogP contribution in [0.2, 0.25) is 5.02 Å². The highest BCUT2D eigenvalue weighted by Gasteiger charge is 2.24. The summed E-state index contributed by atoms with van der Waals surface area (Å²) in [5, 5.41) is 19.3. The molecule has 0 unspecified atom stereocenters. The van der Waals surface area contributed by atoms with Crippen molar-refractivity contribution in [1.82, 2.24) is 0 Å². The van der Waals surface area contributed by atoms with E-state index in [9.17, 15) is 14.9 Å². The topological polar surface area (TPSA) is 80.4 Å². The summed E-state index contributed by atoms with van der Waals surface area (Å²) in [5.41, 5.74) is -0.934. The number of nitro groups is 1. The van der Waals surface area contributed by atoms with Gasteiger partial charge in [-0.15, -0.1) is 0 Å². The molecule has 5 nitrogen and oxygen atoms in total. The number of nitro benzene ring substituents is 1. The maximum atomic E-state index is 10.6. The van der Waals surface area contributed by atoms with Crippen molar-refractivity contribution < 1.29 is 14.8 Å². The molecule has 1 aromatic rings. The van der Waals surface area contributed by atoms with Gasteiger partial charge in [0.2, 0.25) is 0 Å². The Morgan fingerprint density at radius 2 is 2.14 bits per heavy atom. The lowest BCUT2D eigenvalue weighted by Gasteiger charge is -2.01. The van der Waals surface area contributed by atoms with Crippen LogP contribution in [0.1, 0.15) is 10.4 Å². The molecule has 0 aromatic heterocycles. The molecule has 74 valence electrons. The fourth-order valence-electron chi connectivity index (χ4n) is 0.891. The molecule has 0 heterocycles. The summed E-state index contributed by atoms with van der Waals surface area (Å²) < 4.78 is -0.0240. The van der Waals surface area contributed by atoms with E-state index in [1.807, 2.05) is 0 Å². The van der Waals surface area contributed by atoms with Gasteiger partial charge in [0.1, 0.15) is 10.0 Å². The van der Waals surface area contributed by atoms with E-state index in [0.29, 0.717) is 0 Å². The number of hydrogen-bond acceptors (Lipinski definition) is 3. The molecule has 1 aromatic carbocycles. The molecule has 0 spiro atoms. The number of carboxylic acid groups (broad SMARTS) is 1. The molecule has 7 heteroatoms. The number of carbonyl (C=O) groups is 1. The van der Waals surface area contributed by atoms with E-state index in [2.05, 4.69) is 15.9 Å². The highest BCUT2D eigenvalue weighted by atomic mass is 79.9. The number of nitrogens with zero attached hydrogens (tertiary/aromatic N) is 1. The molecule has 0 amide bonds. The van der Waals surface area contributed by atoms with Gasteiger partial charge in [-0.3, -0.25) is 10.1 Å². The summed E-state index contributed by atoms with van der Waals surface area (Å²) >= 11 is 8.45. The van der Waals surface area contributed by atoms with Crippen molar-refractivity contribution in [2.45, 2.75) is 0 Å². The maximum Gasteiger partial charge on any atom is 0.342 e. The fourth-order valence-corrected chi connectivity index (χ4v) is 1.53. The smallest absolute Gasteiger partial charge is 0.342 e. The minimum absolute atomic E-state index is 0.0240. The lowest BCUT2D eigenvalue weighted by Crippen LogP contribution is -2.03. The van der Waals surface area contributed by atoms with Gasteiger partial charge in [0.25, 0.3) is 5.69 Å². The third-order valence-corrected chi connectivity index (χ3v) is 2.83. The first kappa shape index (κ1) is 10.9. The Hall–Kier alpha value is -1.14. The van der Waals surface area contributed by atoms with Gasteiger partial charge < -0.3 is 5.11 Å². The minimum atomic E-state index is -1.37. The average molecular weight is 280 g/mol. The van der Waals surface area contributed by atoms with Crippen LogP contribution in [0.4, 0.5) is 5.69 Å². The van der Waals surface area contributed by atoms with E-state index < -0.39 is 22.1 Å². The molecule has 0 fully saturated rings. The van der Waals surface area contributed by atoms with E-state index in [1.54, 1.807) is 0 Å². The van der Waals surface area contributed by atoms with Gasteiger partial charge in [0.15, 0.2) is 0 Å². The van der Waals surface area contributed by atoms with Crippen LogP contribution >= 0.6 is 27.5 Å². The molecule has 0 radical (unpaired) electrons. The van der Waals surface area contributed by atoms with Crippen molar-refractivity contribution >= 4 is 39.2 Å². The SMILES string of the molecule is O=C(O)c1ccc(Cl)c(Br)c1[N+](=O)[O-]. The minimum Gasteiger partial charge on any atom is -0.477 e. The van der Waals surface area contributed by atoms with Crippen LogP contribution in [-0.2, 0) is 0 Å². The Balaban J connectivity index is 3.53. The second-order valence-corrected chi connectivity index (χ2v) is 3.52. The molecule has 0 atom stereocenters. The van der Waals surface area contributed by atoms with Gasteiger partial charge >= 0.3 is 5.97 Å². The van der Waals surface area contributed by atoms with Crippen LogP contribution in [0.3, 0.4) is 0 Å². The van der Waals surface area contributed by atoms with Crippen molar-refractivity contribution in [3.63, 3.8) is 0 Å². The molecule has 1 N–H and O–H groups in total. The van der Waals surface area contributed by atoms with E-state index in [-0.39, 0.29) is 9.50 Å². The summed E-state index contributed by atoms with van der Waals surface area (Å²) in [6, 6.07) is 2.37. The van der Waals surface area contributed by atoms with Crippen molar-refractivity contribution in [1.29, 1.82) is 0 Å². The number of benzene rings is 1. The molecule has 14 heavy (non-hydrogen) atoms. The lowest BCUT2D eigenvalue weighted by atomic mass is 10.2. The third-order valence-electron chi connectivity index (χ3n) is 1.48. The normalized spacial score (nSPS) is 9.86. The van der Waals surface area contributed by atoms with E-state index in [1.165, 1.54) is 6.07 Å². The Bertz CT molecular complexity index is 420. The van der Waals surface area contributed by atoms with Crippen molar-refractivity contribution in [2.75, 3.05) is 0 Å². The van der Waals surface area contributed by atoms with Crippen LogP contribution in [0, 0.1) is 10.1 Å². The Morgan fingerprint density at radius 3 is 2.57 bits per heavy atom. The van der Waals surface area contributed by atoms with Crippen LogP contribution < -0.4 is 0 Å². The second-order valence-electron chi connectivity index (χ2n) is 2.32. The number of aromatic carboxylic acids is 1. The Labute approximate surface area is 91.6 Å². The van der Waals surface area contributed by atoms with Crippen molar-refractivity contribution in [3.05, 3.63) is 37.3 Å². The standard InChI is InChI=1S/C7H3BrClNO4/c8-5-4(9)2-1-3(7(11)12)6(5)10(13)14/h1-2H,(H,11,12). The van der Waals surface area contributed by atoms with E-state index in [0.717, 1.165) is 6.07 Å². The second kappa shape index (κ2) is 3.93. The highest BCUT2D eigenvalue weighted by Crippen LogP contribution is 2.34. The zero-order valence-electron chi connectivity index (χ0n) is 6.53. The first-order chi connectivity index (χ1) is 6.45. The van der Waals surface area contributed by atoms with Crippen molar-refractivity contribution in [2.24, 2.45) is 0 Å². The van der Waals surface area contributed by atoms with E-state index >= 15 is 0 Å². The molecule has 1 rings (SSSR count). The third kappa shape index (κ3) is 1.85. The predicted molar refractivity (Wildman–Crippen MR) is 52.8 cm³/mol. The van der Waals surface area contributed by atoms with Crippen molar-refractivity contribution in [3.8, 4) is 0 Å². The monoisotopic (exact) mass is 279 g/mol. The van der Waals surface area contributed by atoms with Crippen LogP contribution in [-0.4, -0.2) is 16.0 Å². The van der Waals surface area contributed by atoms with Gasteiger partial charge in [-0.25, -0.2) is 4.79 Å². The molecule has 0 aliphatic heterocycles. The van der Waals surface area contributed by atoms with Gasteiger partial charge in [0.05, 0.1) is 9.95 Å². The Kier molecular flexibility index (Phi) is 3.07. The number of rotatable bonds is 2. The van der Waals surface area contributed by atoms with Crippen LogP contribution in [0.5, 0.6) is 0 Å². The molecule has 0 aliphatic carbocycles. The van der Waals surface area contributed by atoms with Gasteiger partial charge in [0, 0.05) is 0 Å². The van der Waals surface area contributed by atoms with E-state index in [4.69, 9.17) is 16.7 Å². The van der Waals surface area contributed by atoms with Crippen LogP contribution in [0.15, 0.2) is 16.6 Å². The fraction of sp³-hybridized carbons (Fsp3) is 0. The molecule has 0 saturated carbocycles. The molecule has 0 saturated heterocycles. The summed E-state index contributed by atoms with van der Waals surface area (Å²) in [5.74, 6) is -1.37. The lowest BCUT2D eigenvalue weighted by molar-refractivity contribution is -0.386. The summed E-state index contributed by atoms with van der Waals surface area (Å²) in [7, 11) is 0. The zero-order chi connectivity index (χ0) is 10.9. The maximum absolute atomic E-state index is 10.6. The largest absolute Gasteiger partial charge is 0.477 e. The number of hydrogen-bond donors (Lipinski definition) is 1. The average Bonchev–Trinajstić information content (AvgIpc) is 2.08. The molecule has 0 bridgehead atoms. The molecular weight excluding hydrogens is 277 g/mol. The Morgan fingerprint density at radius 1 is 1.57 bits per heavy atom. The summed E-state index contributed by atoms with van der Waals surface area (Å²) in [6.45, 7) is 0. The first-order valence-corrected chi connectivity index (χ1v) is 4.48. The van der Waals surface area contributed by atoms with Gasteiger partial charge in [-0.1, -0.05) is 11.6 Å². The van der Waals surface area contributed by atoms with Gasteiger partial charge in [-0.05, 0) is 28.1 Å². The zero-order valence-corrected chi connectivity index (χ0v) is 8.87. The first-order valence-electron chi connectivity index (χ1n) is 3.31. The summed E-state index contributed by atoms with van der Waals surface area (Å²) in [4.78, 5) is 20.4. The molecular formula is C7H3BrClNO4. The summed E-state index contributed by atoms with van der Waals surface area (Å²) in [6.07, 6.45) is 0. The van der Waals surface area contributed by atoms with Crippen LogP contribution in [0.25, 0.3) is 0 Å². The predicted octanol–water partition coefficient (Wildman–Crippen LogP) is 2.71. The quantitative estimate of drug-likeness (QED) is 0.667. The van der Waals surface area contributed by atoms with Gasteiger partial charge in [-0.2, -0.15) is 0 Å². The number of carboxylic acids is 1. The number of halogens is 2. The highest BCUT2D eigenvalue weighted by molar-refractivity contribution is 9.10.